The molecule has 11 aliphatic heterocycles. The lowest BCUT2D eigenvalue weighted by molar-refractivity contribution is -0.0963. The molecule has 0 spiro atoms. The fourth-order valence-corrected chi connectivity index (χ4v) is 8.21. The number of aryl methyl sites for hydroxylation is 1. The Morgan fingerprint density at radius 3 is 0.689 bits per heavy atom. The number of thioether (sulfide) groups is 2. The molecule has 12 rings (SSSR count). The van der Waals surface area contributed by atoms with Crippen LogP contribution in [0.1, 0.15) is 261 Å². The molecular formula is C71H165N7O10S2. The van der Waals surface area contributed by atoms with Crippen molar-refractivity contribution in [2.24, 2.45) is 0 Å². The molecule has 0 aromatic carbocycles. The van der Waals surface area contributed by atoms with Crippen LogP contribution in [0.4, 0.5) is 0 Å². The smallest absolute Gasteiger partial charge is 0.146 e. The molecule has 0 saturated carbocycles. The Bertz CT molecular complexity index is 770. The Morgan fingerprint density at radius 1 is 0.267 bits per heavy atom. The average molecular weight is 1340 g/mol. The van der Waals surface area contributed by atoms with E-state index in [1.807, 2.05) is 159 Å². The lowest BCUT2D eigenvalue weighted by Gasteiger charge is -2.10. The summed E-state index contributed by atoms with van der Waals surface area (Å²) in [5.74, 6) is 5.67. The minimum Gasteiger partial charge on any atom is -0.381 e. The number of hydrogen-bond donors (Lipinski definition) is 4. The summed E-state index contributed by atoms with van der Waals surface area (Å²) in [7, 11) is 0. The maximum absolute atomic E-state index is 5.07. The predicted octanol–water partition coefficient (Wildman–Crippen LogP) is 17.6. The van der Waals surface area contributed by atoms with E-state index in [2.05, 4.69) is 60.0 Å². The highest BCUT2D eigenvalue weighted by molar-refractivity contribution is 7.99. The monoisotopic (exact) mass is 1340 g/mol. The van der Waals surface area contributed by atoms with Crippen molar-refractivity contribution in [3.05, 3.63) is 18.2 Å². The SMILES string of the molecule is C1CCNC1.C1CCNCC1.C1CCOC1.C1CCOCC1.C1CCSC1.C1CCSCC1.C1COCCN1.C1COCCO1.C1COCN1.C1COCO1.C1COCOC1.CC.CC.CC.CC.CC.CC.CC.CC.CC.CC.CC.Cc1cnncn1. The quantitative estimate of drug-likeness (QED) is 0.193. The summed E-state index contributed by atoms with van der Waals surface area (Å²) in [5.41, 5.74) is 0.898. The number of nitrogens with one attached hydrogen (secondary N) is 4. The van der Waals surface area contributed by atoms with Gasteiger partial charge in [-0.25, -0.2) is 4.98 Å². The van der Waals surface area contributed by atoms with E-state index < -0.39 is 0 Å². The third-order valence-electron chi connectivity index (χ3n) is 10.1. The molecule has 12 heterocycles. The molecule has 17 nitrogen and oxygen atoms in total. The van der Waals surface area contributed by atoms with Crippen LogP contribution in [0.15, 0.2) is 12.5 Å². The third-order valence-corrected chi connectivity index (χ3v) is 12.4. The van der Waals surface area contributed by atoms with Gasteiger partial charge in [-0.05, 0) is 146 Å². The van der Waals surface area contributed by atoms with Gasteiger partial charge < -0.3 is 63.3 Å². The zero-order chi connectivity index (χ0) is 70.2. The molecule has 0 radical (unpaired) electrons. The Morgan fingerprint density at radius 2 is 0.544 bits per heavy atom. The van der Waals surface area contributed by atoms with Crippen LogP contribution in [0, 0.1) is 6.92 Å². The summed E-state index contributed by atoms with van der Waals surface area (Å²) in [6.07, 6.45) is 24.9. The van der Waals surface area contributed by atoms with Gasteiger partial charge in [0.1, 0.15) is 19.9 Å². The normalized spacial score (nSPS) is 17.7. The molecular weight excluding hydrogens is 1170 g/mol. The van der Waals surface area contributed by atoms with Crippen molar-refractivity contribution >= 4 is 23.5 Å². The van der Waals surface area contributed by atoms with Gasteiger partial charge in [-0.15, -0.1) is 5.10 Å². The molecule has 11 saturated heterocycles. The van der Waals surface area contributed by atoms with Gasteiger partial charge in [0.15, 0.2) is 0 Å². The lowest BCUT2D eigenvalue weighted by atomic mass is 10.2. The molecule has 4 N–H and O–H groups in total. The Labute approximate surface area is 573 Å². The summed E-state index contributed by atoms with van der Waals surface area (Å²) in [6.45, 7) is 68.8. The van der Waals surface area contributed by atoms with E-state index in [1.54, 1.807) is 6.20 Å². The van der Waals surface area contributed by atoms with Crippen molar-refractivity contribution < 1.29 is 47.4 Å². The van der Waals surface area contributed by atoms with E-state index in [9.17, 15) is 0 Å². The van der Waals surface area contributed by atoms with Crippen LogP contribution in [-0.4, -0.2) is 203 Å². The molecule has 0 amide bonds. The van der Waals surface area contributed by atoms with Crippen LogP contribution >= 0.6 is 23.5 Å². The maximum Gasteiger partial charge on any atom is 0.146 e. The Balaban J connectivity index is -0.0000000818. The fraction of sp³-hybridized carbons (Fsp3) is 0.958. The molecule has 1 aromatic rings. The zero-order valence-corrected chi connectivity index (χ0v) is 66.3. The van der Waals surface area contributed by atoms with Crippen molar-refractivity contribution in [2.75, 3.05) is 188 Å². The largest absolute Gasteiger partial charge is 0.381 e. The van der Waals surface area contributed by atoms with Gasteiger partial charge in [0.05, 0.1) is 91.3 Å². The van der Waals surface area contributed by atoms with Gasteiger partial charge in [0, 0.05) is 46.1 Å². The lowest BCUT2D eigenvalue weighted by Crippen LogP contribution is -2.30. The molecule has 11 aliphatic rings. The number of nitrogens with zero attached hydrogens (tertiary/aromatic N) is 3. The van der Waals surface area contributed by atoms with E-state index in [0.717, 1.165) is 138 Å². The highest BCUT2D eigenvalue weighted by Gasteiger charge is 2.00. The van der Waals surface area contributed by atoms with Gasteiger partial charge in [0.25, 0.3) is 0 Å². The second kappa shape index (κ2) is 144. The minimum atomic E-state index is 0.500. The van der Waals surface area contributed by atoms with Crippen LogP contribution in [0.2, 0.25) is 0 Å². The summed E-state index contributed by atoms with van der Waals surface area (Å²) >= 11 is 4.17. The van der Waals surface area contributed by atoms with Crippen molar-refractivity contribution in [3.63, 3.8) is 0 Å². The van der Waals surface area contributed by atoms with Crippen LogP contribution in [0.25, 0.3) is 0 Å². The highest BCUT2D eigenvalue weighted by atomic mass is 32.2. The van der Waals surface area contributed by atoms with E-state index in [4.69, 9.17) is 47.4 Å². The van der Waals surface area contributed by atoms with Crippen LogP contribution < -0.4 is 21.3 Å². The van der Waals surface area contributed by atoms with E-state index in [-0.39, 0.29) is 0 Å². The second-order valence-electron chi connectivity index (χ2n) is 16.4. The van der Waals surface area contributed by atoms with E-state index >= 15 is 0 Å². The number of ether oxygens (including phenoxy) is 10. The first-order valence-electron chi connectivity index (χ1n) is 37.2. The van der Waals surface area contributed by atoms with Crippen LogP contribution in [-0.2, 0) is 47.4 Å². The molecule has 0 bridgehead atoms. The molecule has 0 aliphatic carbocycles. The molecule has 90 heavy (non-hydrogen) atoms. The third kappa shape index (κ3) is 139. The van der Waals surface area contributed by atoms with Gasteiger partial charge in [-0.1, -0.05) is 165 Å². The van der Waals surface area contributed by atoms with Crippen molar-refractivity contribution in [2.45, 2.75) is 262 Å². The number of rotatable bonds is 0. The summed E-state index contributed by atoms with van der Waals surface area (Å²) < 4.78 is 48.9. The minimum absolute atomic E-state index is 0.500. The molecule has 0 atom stereocenters. The van der Waals surface area contributed by atoms with E-state index in [1.165, 1.54) is 152 Å². The zero-order valence-electron chi connectivity index (χ0n) is 64.7. The van der Waals surface area contributed by atoms with E-state index in [0.29, 0.717) is 13.6 Å². The summed E-state index contributed by atoms with van der Waals surface area (Å²) in [6, 6.07) is 0. The number of hydrogen-bond acceptors (Lipinski definition) is 19. The average Bonchev–Trinajstić information content (AvgIpc) is 4.57. The molecule has 0 unspecified atom stereocenters. The highest BCUT2D eigenvalue weighted by Crippen LogP contribution is 2.15. The molecule has 19 heteroatoms. The first kappa shape index (κ1) is 113. The van der Waals surface area contributed by atoms with Gasteiger partial charge in [-0.3, -0.25) is 5.32 Å². The van der Waals surface area contributed by atoms with Gasteiger partial charge in [-0.2, -0.15) is 28.6 Å². The van der Waals surface area contributed by atoms with Crippen LogP contribution in [0.5, 0.6) is 0 Å². The topological polar surface area (TPSA) is 179 Å². The van der Waals surface area contributed by atoms with Gasteiger partial charge in [0.2, 0.25) is 0 Å². The standard InChI is InChI=1S/C5H11N.C5H10O.C5H10S.C4H5N3.C4H9NO.C4H9N.2C4H8O2.C4H8O.C4H8S.C3H7NO.C3H6O2.11C2H6/c3*1-2-4-6-5-3-1;1-4-2-6-7-3-5-4;1-3-6-4-2-5-1;1-2-4-5-3-1;1-2-6-4-3-5-1;1-2-5-4-6-3-1;2*1-2-4-5-3-1;2*1-2-5-3-4-1;11*1-2/h6H,1-5H2;2*1-5H2;2-3H,1H3;5H,1-4H2;5H,1-4H2;2*1-4H2;2*1-4H2;4H,1-3H2;1-3H2;11*1-2H3. The molecule has 1 aromatic heterocycles. The Kier molecular flexibility index (Phi) is 182. The second-order valence-corrected chi connectivity index (χ2v) is 18.8. The number of morpholine rings is 1. The maximum atomic E-state index is 5.07. The number of aromatic nitrogens is 3. The summed E-state index contributed by atoms with van der Waals surface area (Å²) in [4.78, 5) is 3.81. The number of piperidine rings is 1. The van der Waals surface area contributed by atoms with Crippen LogP contribution in [0.3, 0.4) is 0 Å². The predicted molar refractivity (Wildman–Crippen MR) is 403 cm³/mol. The van der Waals surface area contributed by atoms with Crippen molar-refractivity contribution in [1.29, 1.82) is 0 Å². The van der Waals surface area contributed by atoms with Crippen molar-refractivity contribution in [3.8, 4) is 0 Å². The first-order valence-corrected chi connectivity index (χ1v) is 39.6. The molecule has 11 fully saturated rings. The Hall–Kier alpha value is -0.850. The first-order chi connectivity index (χ1) is 44.9. The van der Waals surface area contributed by atoms with Crippen molar-refractivity contribution in [1.82, 2.24) is 36.4 Å². The fourth-order valence-electron chi connectivity index (χ4n) is 6.17. The molecule has 556 valence electrons. The van der Waals surface area contributed by atoms with Gasteiger partial charge >= 0.3 is 0 Å². The summed E-state index contributed by atoms with van der Waals surface area (Å²) in [5, 5.41) is 19.7.